The Bertz CT molecular complexity index is 714. The third-order valence-corrected chi connectivity index (χ3v) is 3.15. The molecule has 0 unspecified atom stereocenters. The monoisotopic (exact) mass is 275 g/mol. The van der Waals surface area contributed by atoms with Crippen LogP contribution in [0.4, 0.5) is 10.1 Å². The number of halogens is 2. The summed E-state index contributed by atoms with van der Waals surface area (Å²) in [5, 5.41) is 0.417. The summed E-state index contributed by atoms with van der Waals surface area (Å²) < 4.78 is 13.2. The second-order valence-electron chi connectivity index (χ2n) is 4.12. The van der Waals surface area contributed by atoms with Crippen molar-refractivity contribution in [1.82, 2.24) is 0 Å². The number of fused-ring (bicyclic) bond motifs is 1. The van der Waals surface area contributed by atoms with Gasteiger partial charge in [-0.1, -0.05) is 17.7 Å². The van der Waals surface area contributed by atoms with Crippen LogP contribution in [0.15, 0.2) is 42.5 Å². The first-order valence-corrected chi connectivity index (χ1v) is 5.89. The lowest BCUT2D eigenvalue weighted by Crippen LogP contribution is -2.29. The molecule has 94 valence electrons. The Morgan fingerprint density at radius 1 is 0.947 bits per heavy atom. The van der Waals surface area contributed by atoms with Gasteiger partial charge in [0.25, 0.3) is 11.8 Å². The fourth-order valence-electron chi connectivity index (χ4n) is 2.06. The van der Waals surface area contributed by atoms with E-state index in [-0.39, 0.29) is 11.1 Å². The van der Waals surface area contributed by atoms with Crippen molar-refractivity contribution in [2.24, 2.45) is 0 Å². The average molecular weight is 276 g/mol. The number of hydrogen-bond acceptors (Lipinski definition) is 2. The summed E-state index contributed by atoms with van der Waals surface area (Å²) >= 11 is 5.85. The highest BCUT2D eigenvalue weighted by Crippen LogP contribution is 2.30. The van der Waals surface area contributed by atoms with Gasteiger partial charge in [-0.25, -0.2) is 9.29 Å². The minimum absolute atomic E-state index is 0.0741. The third kappa shape index (κ3) is 1.81. The van der Waals surface area contributed by atoms with E-state index in [4.69, 9.17) is 11.6 Å². The largest absolute Gasteiger partial charge is 0.268 e. The van der Waals surface area contributed by atoms with E-state index in [0.29, 0.717) is 10.7 Å². The molecule has 3 nitrogen and oxygen atoms in total. The van der Waals surface area contributed by atoms with Gasteiger partial charge in [-0.2, -0.15) is 0 Å². The van der Waals surface area contributed by atoms with Crippen molar-refractivity contribution >= 4 is 29.1 Å². The maximum Gasteiger partial charge on any atom is 0.266 e. The minimum atomic E-state index is -0.548. The summed E-state index contributed by atoms with van der Waals surface area (Å²) in [6.07, 6.45) is 0. The molecule has 0 spiro atoms. The van der Waals surface area contributed by atoms with Gasteiger partial charge in [0.15, 0.2) is 0 Å². The van der Waals surface area contributed by atoms with Crippen LogP contribution in [0.3, 0.4) is 0 Å². The van der Waals surface area contributed by atoms with E-state index in [9.17, 15) is 14.0 Å². The maximum absolute atomic E-state index is 13.2. The third-order valence-electron chi connectivity index (χ3n) is 2.92. The van der Waals surface area contributed by atoms with Crippen molar-refractivity contribution in [2.75, 3.05) is 4.90 Å². The lowest BCUT2D eigenvalue weighted by Gasteiger charge is -2.13. The van der Waals surface area contributed by atoms with Crippen LogP contribution in [-0.4, -0.2) is 11.8 Å². The Labute approximate surface area is 113 Å². The van der Waals surface area contributed by atoms with E-state index >= 15 is 0 Å². The molecule has 0 saturated heterocycles. The van der Waals surface area contributed by atoms with Crippen LogP contribution in [0.2, 0.25) is 5.02 Å². The average Bonchev–Trinajstić information content (AvgIpc) is 2.61. The van der Waals surface area contributed by atoms with Gasteiger partial charge in [-0.05, 0) is 36.4 Å². The van der Waals surface area contributed by atoms with Crippen molar-refractivity contribution in [3.8, 4) is 0 Å². The van der Waals surface area contributed by atoms with Gasteiger partial charge < -0.3 is 0 Å². The zero-order chi connectivity index (χ0) is 13.6. The van der Waals surface area contributed by atoms with Crippen molar-refractivity contribution in [3.05, 3.63) is 64.4 Å². The van der Waals surface area contributed by atoms with Crippen molar-refractivity contribution in [1.29, 1.82) is 0 Å². The molecule has 0 saturated carbocycles. The molecule has 0 N–H and O–H groups in total. The number of rotatable bonds is 1. The van der Waals surface area contributed by atoms with E-state index in [0.717, 1.165) is 17.0 Å². The Hall–Kier alpha value is -2.20. The zero-order valence-electron chi connectivity index (χ0n) is 9.56. The molecular weight excluding hydrogens is 269 g/mol. The molecule has 0 aromatic heterocycles. The highest BCUT2D eigenvalue weighted by atomic mass is 35.5. The molecule has 0 bridgehead atoms. The first-order chi connectivity index (χ1) is 9.08. The van der Waals surface area contributed by atoms with E-state index < -0.39 is 17.6 Å². The predicted octanol–water partition coefficient (Wildman–Crippen LogP) is 3.28. The van der Waals surface area contributed by atoms with Crippen LogP contribution in [0, 0.1) is 5.82 Å². The standard InChI is InChI=1S/C14H7ClFNO2/c15-8-2-1-3-10(6-8)17-13(18)11-5-4-9(16)7-12(11)14(17)19/h1-7H. The van der Waals surface area contributed by atoms with Crippen LogP contribution in [0.5, 0.6) is 0 Å². The molecule has 0 radical (unpaired) electrons. The smallest absolute Gasteiger partial charge is 0.266 e. The molecule has 2 amide bonds. The normalized spacial score (nSPS) is 13.9. The number of nitrogens with zero attached hydrogens (tertiary/aromatic N) is 1. The van der Waals surface area contributed by atoms with Gasteiger partial charge in [-0.15, -0.1) is 0 Å². The number of amides is 2. The first-order valence-electron chi connectivity index (χ1n) is 5.52. The van der Waals surface area contributed by atoms with Crippen LogP contribution in [-0.2, 0) is 0 Å². The molecule has 19 heavy (non-hydrogen) atoms. The number of anilines is 1. The molecule has 2 aromatic rings. The highest BCUT2D eigenvalue weighted by molar-refractivity contribution is 6.35. The number of hydrogen-bond donors (Lipinski definition) is 0. The van der Waals surface area contributed by atoms with Gasteiger partial charge in [0, 0.05) is 5.02 Å². The van der Waals surface area contributed by atoms with Crippen LogP contribution >= 0.6 is 11.6 Å². The Balaban J connectivity index is 2.13. The van der Waals surface area contributed by atoms with Crippen molar-refractivity contribution < 1.29 is 14.0 Å². The molecule has 1 aliphatic rings. The summed E-state index contributed by atoms with van der Waals surface area (Å²) in [5.74, 6) is -1.56. The summed E-state index contributed by atoms with van der Waals surface area (Å²) in [7, 11) is 0. The lowest BCUT2D eigenvalue weighted by molar-refractivity contribution is 0.0926. The van der Waals surface area contributed by atoms with Gasteiger partial charge in [0.2, 0.25) is 0 Å². The van der Waals surface area contributed by atoms with Gasteiger partial charge in [0.1, 0.15) is 5.82 Å². The van der Waals surface area contributed by atoms with Crippen molar-refractivity contribution in [3.63, 3.8) is 0 Å². The van der Waals surface area contributed by atoms with Crippen molar-refractivity contribution in [2.45, 2.75) is 0 Å². The van der Waals surface area contributed by atoms with Crippen LogP contribution < -0.4 is 4.90 Å². The Morgan fingerprint density at radius 3 is 2.42 bits per heavy atom. The first kappa shape index (κ1) is 11.9. The predicted molar refractivity (Wildman–Crippen MR) is 69.0 cm³/mol. The molecule has 0 atom stereocenters. The molecule has 3 rings (SSSR count). The SMILES string of the molecule is O=C1c2ccc(F)cc2C(=O)N1c1cccc(Cl)c1. The van der Waals surface area contributed by atoms with Gasteiger partial charge in [0.05, 0.1) is 16.8 Å². The van der Waals surface area contributed by atoms with Gasteiger partial charge >= 0.3 is 0 Å². The quantitative estimate of drug-likeness (QED) is 0.749. The number of imide groups is 1. The Kier molecular flexibility index (Phi) is 2.61. The summed E-state index contributed by atoms with van der Waals surface area (Å²) in [6, 6.07) is 9.94. The highest BCUT2D eigenvalue weighted by Gasteiger charge is 2.36. The van der Waals surface area contributed by atoms with E-state index in [2.05, 4.69) is 0 Å². The zero-order valence-corrected chi connectivity index (χ0v) is 10.3. The fourth-order valence-corrected chi connectivity index (χ4v) is 2.25. The topological polar surface area (TPSA) is 37.4 Å². The van der Waals surface area contributed by atoms with E-state index in [1.807, 2.05) is 0 Å². The molecule has 5 heteroatoms. The number of benzene rings is 2. The summed E-state index contributed by atoms with van der Waals surface area (Å²) in [4.78, 5) is 25.3. The molecular formula is C14H7ClFNO2. The van der Waals surface area contributed by atoms with E-state index in [1.165, 1.54) is 12.1 Å². The lowest BCUT2D eigenvalue weighted by atomic mass is 10.1. The second kappa shape index (κ2) is 4.17. The molecule has 0 fully saturated rings. The summed E-state index contributed by atoms with van der Waals surface area (Å²) in [6.45, 7) is 0. The minimum Gasteiger partial charge on any atom is -0.268 e. The van der Waals surface area contributed by atoms with E-state index in [1.54, 1.807) is 18.2 Å². The van der Waals surface area contributed by atoms with Gasteiger partial charge in [-0.3, -0.25) is 9.59 Å². The molecule has 2 aromatic carbocycles. The Morgan fingerprint density at radius 2 is 1.68 bits per heavy atom. The number of carbonyl (C=O) groups excluding carboxylic acids is 2. The number of carbonyl (C=O) groups is 2. The molecule has 1 aliphatic heterocycles. The second-order valence-corrected chi connectivity index (χ2v) is 4.55. The van der Waals surface area contributed by atoms with Crippen LogP contribution in [0.25, 0.3) is 0 Å². The fraction of sp³-hybridized carbons (Fsp3) is 0. The van der Waals surface area contributed by atoms with Crippen LogP contribution in [0.1, 0.15) is 20.7 Å². The molecule has 0 aliphatic carbocycles. The molecule has 1 heterocycles. The summed E-state index contributed by atoms with van der Waals surface area (Å²) in [5.41, 5.74) is 0.649. The maximum atomic E-state index is 13.2.